The van der Waals surface area contributed by atoms with E-state index in [-0.39, 0.29) is 5.56 Å². The highest BCUT2D eigenvalue weighted by Crippen LogP contribution is 2.34. The maximum atomic E-state index is 14.5. The number of nitrogens with one attached hydrogen (secondary N) is 3. The van der Waals surface area contributed by atoms with Crippen LogP contribution < -0.4 is 25.6 Å². The van der Waals surface area contributed by atoms with E-state index in [4.69, 9.17) is 9.47 Å². The van der Waals surface area contributed by atoms with Gasteiger partial charge in [0, 0.05) is 65.6 Å². The molecule has 1 unspecified atom stereocenters. The van der Waals surface area contributed by atoms with Crippen LogP contribution in [0, 0.1) is 5.82 Å². The number of carbonyl (C=O) groups is 1. The van der Waals surface area contributed by atoms with Gasteiger partial charge in [-0.25, -0.2) is 9.37 Å². The number of carbonyl (C=O) groups excluding carboxylic acids is 1. The lowest BCUT2D eigenvalue weighted by molar-refractivity contribution is 0.102. The first-order chi connectivity index (χ1) is 20.1. The number of anilines is 3. The summed E-state index contributed by atoms with van der Waals surface area (Å²) in [7, 11) is 0. The summed E-state index contributed by atoms with van der Waals surface area (Å²) >= 11 is 0. The lowest BCUT2D eigenvalue weighted by atomic mass is 10.1. The second-order valence-electron chi connectivity index (χ2n) is 10.2. The van der Waals surface area contributed by atoms with Gasteiger partial charge in [-0.1, -0.05) is 24.3 Å². The molecular weight excluding hydrogens is 523 g/mol. The normalized spacial score (nSPS) is 17.0. The number of ether oxygens (including phenoxy) is 2. The zero-order chi connectivity index (χ0) is 28.0. The Balaban J connectivity index is 1.18. The Labute approximate surface area is 238 Å². The topological polar surface area (TPSA) is 101 Å². The summed E-state index contributed by atoms with van der Waals surface area (Å²) in [6.07, 6.45) is 5.10. The second kappa shape index (κ2) is 12.5. The van der Waals surface area contributed by atoms with Crippen molar-refractivity contribution in [2.24, 2.45) is 0 Å². The Kier molecular flexibility index (Phi) is 8.20. The van der Waals surface area contributed by atoms with Crippen LogP contribution in [0.25, 0.3) is 10.8 Å². The van der Waals surface area contributed by atoms with Gasteiger partial charge in [0.25, 0.3) is 5.91 Å². The van der Waals surface area contributed by atoms with Crippen molar-refractivity contribution in [3.8, 4) is 11.6 Å². The molecule has 212 valence electrons. The summed E-state index contributed by atoms with van der Waals surface area (Å²) in [5.74, 6) is 0.677. The molecule has 2 aliphatic rings. The smallest absolute Gasteiger partial charge is 0.255 e. The molecule has 4 aromatic rings. The van der Waals surface area contributed by atoms with E-state index < -0.39 is 11.7 Å². The fourth-order valence-corrected chi connectivity index (χ4v) is 5.33. The van der Waals surface area contributed by atoms with Gasteiger partial charge in [0.05, 0.1) is 13.2 Å². The number of nitrogens with zero attached hydrogens (tertiary/aromatic N) is 3. The predicted octanol–water partition coefficient (Wildman–Crippen LogP) is 5.20. The molecule has 10 heteroatoms. The Morgan fingerprint density at radius 3 is 2.78 bits per heavy atom. The van der Waals surface area contributed by atoms with Crippen molar-refractivity contribution in [1.29, 1.82) is 0 Å². The van der Waals surface area contributed by atoms with Crippen LogP contribution in [-0.4, -0.2) is 61.3 Å². The van der Waals surface area contributed by atoms with Crippen molar-refractivity contribution in [1.82, 2.24) is 15.3 Å². The molecule has 41 heavy (non-hydrogen) atoms. The quantitative estimate of drug-likeness (QED) is 0.259. The van der Waals surface area contributed by atoms with E-state index in [1.807, 2.05) is 29.2 Å². The summed E-state index contributed by atoms with van der Waals surface area (Å²) in [5, 5.41) is 11.3. The van der Waals surface area contributed by atoms with Gasteiger partial charge in [-0.3, -0.25) is 4.79 Å². The summed E-state index contributed by atoms with van der Waals surface area (Å²) < 4.78 is 26.1. The highest BCUT2D eigenvalue weighted by Gasteiger charge is 2.18. The van der Waals surface area contributed by atoms with E-state index in [1.165, 1.54) is 25.0 Å². The zero-order valence-electron chi connectivity index (χ0n) is 22.7. The molecule has 3 aromatic carbocycles. The molecule has 6 rings (SSSR count). The van der Waals surface area contributed by atoms with Crippen molar-refractivity contribution in [3.63, 3.8) is 0 Å². The van der Waals surface area contributed by atoms with Gasteiger partial charge in [0.15, 0.2) is 0 Å². The minimum absolute atomic E-state index is 0.251. The Morgan fingerprint density at radius 2 is 1.95 bits per heavy atom. The van der Waals surface area contributed by atoms with Crippen LogP contribution in [0.2, 0.25) is 0 Å². The van der Waals surface area contributed by atoms with Crippen LogP contribution in [0.15, 0.2) is 66.9 Å². The Hall–Kier alpha value is -4.28. The van der Waals surface area contributed by atoms with Gasteiger partial charge < -0.3 is 30.3 Å². The summed E-state index contributed by atoms with van der Waals surface area (Å²) in [4.78, 5) is 24.1. The minimum Gasteiger partial charge on any atom is -0.438 e. The van der Waals surface area contributed by atoms with E-state index >= 15 is 0 Å². The van der Waals surface area contributed by atoms with Gasteiger partial charge in [-0.05, 0) is 56.1 Å². The van der Waals surface area contributed by atoms with Gasteiger partial charge >= 0.3 is 0 Å². The van der Waals surface area contributed by atoms with Crippen molar-refractivity contribution < 1.29 is 18.7 Å². The highest BCUT2D eigenvalue weighted by molar-refractivity contribution is 6.10. The van der Waals surface area contributed by atoms with Crippen LogP contribution in [0.5, 0.6) is 11.6 Å². The zero-order valence-corrected chi connectivity index (χ0v) is 22.7. The fourth-order valence-electron chi connectivity index (χ4n) is 5.33. The molecule has 1 aromatic heterocycles. The SMILES string of the molecule is O=C(Nc1ccc(Oc2ccnc(NCCC3CCCN3)n2)c2ccccc12)c1cc(F)cc(N2CCOCC2)c1. The molecule has 2 fully saturated rings. The number of hydrogen-bond acceptors (Lipinski definition) is 8. The molecule has 0 radical (unpaired) electrons. The van der Waals surface area contributed by atoms with E-state index in [0.29, 0.717) is 61.3 Å². The molecule has 2 saturated heterocycles. The van der Waals surface area contributed by atoms with Crippen molar-refractivity contribution in [3.05, 3.63) is 78.2 Å². The third-order valence-corrected chi connectivity index (χ3v) is 7.44. The van der Waals surface area contributed by atoms with Crippen LogP contribution in [0.4, 0.5) is 21.7 Å². The number of amides is 1. The molecule has 9 nitrogen and oxygen atoms in total. The van der Waals surface area contributed by atoms with Crippen molar-refractivity contribution >= 4 is 34.0 Å². The van der Waals surface area contributed by atoms with E-state index in [0.717, 1.165) is 30.3 Å². The molecule has 0 aliphatic carbocycles. The molecule has 3 N–H and O–H groups in total. The maximum Gasteiger partial charge on any atom is 0.255 e. The van der Waals surface area contributed by atoms with Crippen LogP contribution >= 0.6 is 0 Å². The van der Waals surface area contributed by atoms with Crippen LogP contribution in [-0.2, 0) is 4.74 Å². The van der Waals surface area contributed by atoms with E-state index in [9.17, 15) is 9.18 Å². The third-order valence-electron chi connectivity index (χ3n) is 7.44. The number of fused-ring (bicyclic) bond motifs is 1. The Morgan fingerprint density at radius 1 is 1.10 bits per heavy atom. The van der Waals surface area contributed by atoms with Gasteiger partial charge in [-0.15, -0.1) is 0 Å². The molecule has 0 bridgehead atoms. The largest absolute Gasteiger partial charge is 0.438 e. The summed E-state index contributed by atoms with van der Waals surface area (Å²) in [6, 6.07) is 17.9. The molecule has 0 spiro atoms. The number of hydrogen-bond donors (Lipinski definition) is 3. The number of rotatable bonds is 9. The standard InChI is InChI=1S/C31H33FN6O3/c32-22-18-21(19-24(20-22)38-14-16-40-17-15-38)30(39)36-27-7-8-28(26-6-2-1-5-25(26)27)41-29-10-13-35-31(37-29)34-12-9-23-4-3-11-33-23/h1-2,5-8,10,13,18-20,23,33H,3-4,9,11-12,14-17H2,(H,36,39)(H,34,35,37). The number of aromatic nitrogens is 2. The summed E-state index contributed by atoms with van der Waals surface area (Å²) in [5.41, 5.74) is 1.52. The average Bonchev–Trinajstić information content (AvgIpc) is 3.52. The maximum absolute atomic E-state index is 14.5. The van der Waals surface area contributed by atoms with Crippen LogP contribution in [0.3, 0.4) is 0 Å². The number of morpholine rings is 1. The van der Waals surface area contributed by atoms with E-state index in [1.54, 1.807) is 30.5 Å². The molecule has 1 atom stereocenters. The van der Waals surface area contributed by atoms with E-state index in [2.05, 4.69) is 25.9 Å². The van der Waals surface area contributed by atoms with Gasteiger partial charge in [0.2, 0.25) is 11.8 Å². The Bertz CT molecular complexity index is 1520. The summed E-state index contributed by atoms with van der Waals surface area (Å²) in [6.45, 7) is 4.31. The molecule has 0 saturated carbocycles. The molecule has 1 amide bonds. The molecule has 3 heterocycles. The van der Waals surface area contributed by atoms with Crippen molar-refractivity contribution in [2.75, 3.05) is 54.9 Å². The average molecular weight is 557 g/mol. The lowest BCUT2D eigenvalue weighted by Gasteiger charge is -2.29. The molecular formula is C31H33FN6O3. The first kappa shape index (κ1) is 26.9. The number of halogens is 1. The van der Waals surface area contributed by atoms with Gasteiger partial charge in [0.1, 0.15) is 11.6 Å². The van der Waals surface area contributed by atoms with Gasteiger partial charge in [-0.2, -0.15) is 4.98 Å². The number of benzene rings is 3. The van der Waals surface area contributed by atoms with Crippen molar-refractivity contribution in [2.45, 2.75) is 25.3 Å². The minimum atomic E-state index is -0.457. The predicted molar refractivity (Wildman–Crippen MR) is 158 cm³/mol. The second-order valence-corrected chi connectivity index (χ2v) is 10.2. The fraction of sp³-hybridized carbons (Fsp3) is 0.323. The lowest BCUT2D eigenvalue weighted by Crippen LogP contribution is -2.36. The third kappa shape index (κ3) is 6.55. The van der Waals surface area contributed by atoms with Crippen LogP contribution in [0.1, 0.15) is 29.6 Å². The first-order valence-corrected chi connectivity index (χ1v) is 14.1. The highest BCUT2D eigenvalue weighted by atomic mass is 19.1. The first-order valence-electron chi connectivity index (χ1n) is 14.1. The monoisotopic (exact) mass is 556 g/mol. The molecule has 2 aliphatic heterocycles.